The van der Waals surface area contributed by atoms with Gasteiger partial charge in [0.15, 0.2) is 5.65 Å². The minimum atomic E-state index is 0.912. The first-order valence-electron chi connectivity index (χ1n) is 8.35. The summed E-state index contributed by atoms with van der Waals surface area (Å²) in [7, 11) is 4.01. The first-order chi connectivity index (χ1) is 11.6. The average molecular weight is 325 g/mol. The van der Waals surface area contributed by atoms with Crippen molar-refractivity contribution in [2.24, 2.45) is 14.1 Å². The standard InChI is InChI=1S/C17H23N7/c1-13-16-14(4-5-19-17(16)22(3)20-13)24-10-8-23(9-11-24)12-15-18-6-7-21(15)2/h4-7H,8-12H2,1-3H3. The topological polar surface area (TPSA) is 55.0 Å². The summed E-state index contributed by atoms with van der Waals surface area (Å²) in [6.45, 7) is 7.07. The molecule has 24 heavy (non-hydrogen) atoms. The Balaban J connectivity index is 1.51. The van der Waals surface area contributed by atoms with Crippen molar-refractivity contribution < 1.29 is 0 Å². The van der Waals surface area contributed by atoms with E-state index in [1.807, 2.05) is 30.3 Å². The maximum Gasteiger partial charge on any atom is 0.159 e. The van der Waals surface area contributed by atoms with Crippen LogP contribution in [0.3, 0.4) is 0 Å². The van der Waals surface area contributed by atoms with Crippen molar-refractivity contribution in [1.82, 2.24) is 29.2 Å². The molecule has 0 saturated carbocycles. The lowest BCUT2D eigenvalue weighted by Crippen LogP contribution is -2.46. The fraction of sp³-hybridized carbons (Fsp3) is 0.471. The molecule has 7 heteroatoms. The van der Waals surface area contributed by atoms with Crippen LogP contribution in [0, 0.1) is 6.92 Å². The first kappa shape index (κ1) is 15.1. The van der Waals surface area contributed by atoms with Gasteiger partial charge in [0.05, 0.1) is 23.3 Å². The van der Waals surface area contributed by atoms with Gasteiger partial charge in [0.2, 0.25) is 0 Å². The summed E-state index contributed by atoms with van der Waals surface area (Å²) in [6.07, 6.45) is 5.76. The van der Waals surface area contributed by atoms with Gasteiger partial charge in [0.25, 0.3) is 0 Å². The van der Waals surface area contributed by atoms with E-state index in [1.165, 1.54) is 11.1 Å². The summed E-state index contributed by atoms with van der Waals surface area (Å²) >= 11 is 0. The normalized spacial score (nSPS) is 16.2. The molecule has 0 aromatic carbocycles. The number of pyridine rings is 1. The van der Waals surface area contributed by atoms with Gasteiger partial charge >= 0.3 is 0 Å². The van der Waals surface area contributed by atoms with Gasteiger partial charge in [-0.05, 0) is 13.0 Å². The number of aromatic nitrogens is 5. The van der Waals surface area contributed by atoms with E-state index in [2.05, 4.69) is 49.5 Å². The van der Waals surface area contributed by atoms with Crippen molar-refractivity contribution in [3.05, 3.63) is 36.2 Å². The molecule has 3 aromatic rings. The maximum atomic E-state index is 4.53. The van der Waals surface area contributed by atoms with Crippen LogP contribution in [0.5, 0.6) is 0 Å². The molecule has 0 spiro atoms. The monoisotopic (exact) mass is 325 g/mol. The van der Waals surface area contributed by atoms with Crippen LogP contribution in [0.2, 0.25) is 0 Å². The minimum Gasteiger partial charge on any atom is -0.368 e. The Kier molecular flexibility index (Phi) is 3.72. The van der Waals surface area contributed by atoms with Crippen molar-refractivity contribution in [3.8, 4) is 0 Å². The molecule has 0 N–H and O–H groups in total. The van der Waals surface area contributed by atoms with Crippen LogP contribution in [0.1, 0.15) is 11.5 Å². The molecule has 4 rings (SSSR count). The van der Waals surface area contributed by atoms with Gasteiger partial charge in [-0.3, -0.25) is 9.58 Å². The zero-order valence-corrected chi connectivity index (χ0v) is 14.5. The second-order valence-corrected chi connectivity index (χ2v) is 6.46. The molecule has 1 saturated heterocycles. The number of rotatable bonds is 3. The van der Waals surface area contributed by atoms with Gasteiger partial charge in [-0.2, -0.15) is 5.10 Å². The van der Waals surface area contributed by atoms with Crippen molar-refractivity contribution >= 4 is 16.7 Å². The third-order valence-corrected chi connectivity index (χ3v) is 4.88. The molecule has 0 amide bonds. The molecule has 126 valence electrons. The highest BCUT2D eigenvalue weighted by Gasteiger charge is 2.21. The Morgan fingerprint density at radius 2 is 1.83 bits per heavy atom. The Hall–Kier alpha value is -2.41. The summed E-state index contributed by atoms with van der Waals surface area (Å²) < 4.78 is 3.96. The predicted molar refractivity (Wildman–Crippen MR) is 93.9 cm³/mol. The van der Waals surface area contributed by atoms with Crippen molar-refractivity contribution in [1.29, 1.82) is 0 Å². The Bertz CT molecular complexity index is 855. The molecule has 0 atom stereocenters. The third-order valence-electron chi connectivity index (χ3n) is 4.88. The van der Waals surface area contributed by atoms with E-state index in [9.17, 15) is 0 Å². The zero-order chi connectivity index (χ0) is 16.7. The SMILES string of the molecule is Cc1nn(C)c2nccc(N3CCN(Cc4nccn4C)CC3)c12. The molecular formula is C17H23N7. The summed E-state index contributed by atoms with van der Waals surface area (Å²) in [4.78, 5) is 13.8. The van der Waals surface area contributed by atoms with E-state index < -0.39 is 0 Å². The summed E-state index contributed by atoms with van der Waals surface area (Å²) in [5.74, 6) is 1.12. The predicted octanol–water partition coefficient (Wildman–Crippen LogP) is 1.33. The lowest BCUT2D eigenvalue weighted by molar-refractivity contribution is 0.242. The maximum absolute atomic E-state index is 4.53. The molecule has 4 heterocycles. The van der Waals surface area contributed by atoms with E-state index in [0.717, 1.165) is 49.9 Å². The van der Waals surface area contributed by atoms with Crippen LogP contribution in [-0.2, 0) is 20.6 Å². The van der Waals surface area contributed by atoms with Crippen LogP contribution >= 0.6 is 0 Å². The van der Waals surface area contributed by atoms with Gasteiger partial charge in [0, 0.05) is 58.9 Å². The molecule has 0 bridgehead atoms. The van der Waals surface area contributed by atoms with E-state index in [4.69, 9.17) is 0 Å². The number of hydrogen-bond donors (Lipinski definition) is 0. The smallest absolute Gasteiger partial charge is 0.159 e. The molecule has 7 nitrogen and oxygen atoms in total. The number of imidazole rings is 1. The third kappa shape index (κ3) is 2.54. The first-order valence-corrected chi connectivity index (χ1v) is 8.35. The highest BCUT2D eigenvalue weighted by atomic mass is 15.3. The molecule has 0 radical (unpaired) electrons. The lowest BCUT2D eigenvalue weighted by Gasteiger charge is -2.36. The fourth-order valence-electron chi connectivity index (χ4n) is 3.52. The zero-order valence-electron chi connectivity index (χ0n) is 14.5. The Morgan fingerprint density at radius 1 is 1.04 bits per heavy atom. The van der Waals surface area contributed by atoms with Gasteiger partial charge in [-0.1, -0.05) is 0 Å². The number of aryl methyl sites for hydroxylation is 3. The number of fused-ring (bicyclic) bond motifs is 1. The van der Waals surface area contributed by atoms with Crippen molar-refractivity contribution in [2.45, 2.75) is 13.5 Å². The molecule has 0 unspecified atom stereocenters. The number of nitrogens with zero attached hydrogens (tertiary/aromatic N) is 7. The molecule has 1 aliphatic rings. The molecule has 3 aromatic heterocycles. The summed E-state index contributed by atoms with van der Waals surface area (Å²) in [6, 6.07) is 2.12. The second-order valence-electron chi connectivity index (χ2n) is 6.46. The quantitative estimate of drug-likeness (QED) is 0.727. The number of anilines is 1. The average Bonchev–Trinajstić information content (AvgIpc) is 3.12. The molecule has 0 aliphatic carbocycles. The minimum absolute atomic E-state index is 0.912. The molecular weight excluding hydrogens is 302 g/mol. The Morgan fingerprint density at radius 3 is 2.54 bits per heavy atom. The van der Waals surface area contributed by atoms with Gasteiger partial charge in [0.1, 0.15) is 5.82 Å². The van der Waals surface area contributed by atoms with Crippen molar-refractivity contribution in [2.75, 3.05) is 31.1 Å². The van der Waals surface area contributed by atoms with Gasteiger partial charge < -0.3 is 9.47 Å². The van der Waals surface area contributed by atoms with E-state index in [1.54, 1.807) is 0 Å². The molecule has 1 aliphatic heterocycles. The number of piperazine rings is 1. The van der Waals surface area contributed by atoms with Gasteiger partial charge in [-0.15, -0.1) is 0 Å². The second kappa shape index (κ2) is 5.90. The Labute approximate surface area is 141 Å². The van der Waals surface area contributed by atoms with Crippen LogP contribution in [0.4, 0.5) is 5.69 Å². The van der Waals surface area contributed by atoms with E-state index in [-0.39, 0.29) is 0 Å². The van der Waals surface area contributed by atoms with E-state index in [0.29, 0.717) is 0 Å². The fourth-order valence-corrected chi connectivity index (χ4v) is 3.52. The lowest BCUT2D eigenvalue weighted by atomic mass is 10.2. The van der Waals surface area contributed by atoms with Gasteiger partial charge in [-0.25, -0.2) is 9.97 Å². The van der Waals surface area contributed by atoms with E-state index >= 15 is 0 Å². The summed E-state index contributed by atoms with van der Waals surface area (Å²) in [5, 5.41) is 5.70. The highest BCUT2D eigenvalue weighted by molar-refractivity contribution is 5.91. The summed E-state index contributed by atoms with van der Waals surface area (Å²) in [5.41, 5.74) is 3.26. The molecule has 1 fully saturated rings. The highest BCUT2D eigenvalue weighted by Crippen LogP contribution is 2.28. The van der Waals surface area contributed by atoms with Crippen molar-refractivity contribution in [3.63, 3.8) is 0 Å². The van der Waals surface area contributed by atoms with Crippen LogP contribution in [0.25, 0.3) is 11.0 Å². The number of hydrogen-bond acceptors (Lipinski definition) is 5. The van der Waals surface area contributed by atoms with Crippen LogP contribution in [-0.4, -0.2) is 55.4 Å². The van der Waals surface area contributed by atoms with Crippen LogP contribution in [0.15, 0.2) is 24.7 Å². The largest absolute Gasteiger partial charge is 0.368 e. The van der Waals surface area contributed by atoms with Crippen LogP contribution < -0.4 is 4.90 Å².